The van der Waals surface area contributed by atoms with Gasteiger partial charge in [-0.2, -0.15) is 13.2 Å². The predicted molar refractivity (Wildman–Crippen MR) is 119 cm³/mol. The lowest BCUT2D eigenvalue weighted by atomic mass is 10.0. The van der Waals surface area contributed by atoms with Crippen LogP contribution in [-0.4, -0.2) is 64.9 Å². The van der Waals surface area contributed by atoms with E-state index in [1.54, 1.807) is 6.07 Å². The zero-order valence-corrected chi connectivity index (χ0v) is 18.2. The zero-order chi connectivity index (χ0) is 23.0. The van der Waals surface area contributed by atoms with Crippen LogP contribution < -0.4 is 15.5 Å². The first-order valence-corrected chi connectivity index (χ1v) is 11.1. The van der Waals surface area contributed by atoms with Crippen molar-refractivity contribution in [3.63, 3.8) is 0 Å². The second-order valence-corrected chi connectivity index (χ2v) is 8.54. The second-order valence-electron chi connectivity index (χ2n) is 8.54. The van der Waals surface area contributed by atoms with Gasteiger partial charge in [0.2, 0.25) is 5.95 Å². The Morgan fingerprint density at radius 3 is 2.76 bits per heavy atom. The topological polar surface area (TPSA) is 91.0 Å². The van der Waals surface area contributed by atoms with Crippen LogP contribution in [0.4, 0.5) is 24.9 Å². The molecule has 5 rings (SSSR count). The molecule has 0 saturated carbocycles. The Bertz CT molecular complexity index is 1130. The molecular weight excluding hydrogens is 435 g/mol. The van der Waals surface area contributed by atoms with Gasteiger partial charge >= 0.3 is 6.18 Å². The molecule has 3 aromatic rings. The number of ether oxygens (including phenoxy) is 1. The number of piperidine rings is 1. The lowest BCUT2D eigenvalue weighted by Crippen LogP contribution is -2.41. The number of rotatable bonds is 4. The van der Waals surface area contributed by atoms with Gasteiger partial charge in [0.1, 0.15) is 17.0 Å². The van der Waals surface area contributed by atoms with Gasteiger partial charge in [-0.1, -0.05) is 0 Å². The van der Waals surface area contributed by atoms with Gasteiger partial charge in [-0.3, -0.25) is 0 Å². The molecule has 8 nitrogen and oxygen atoms in total. The van der Waals surface area contributed by atoms with Gasteiger partial charge < -0.3 is 25.3 Å². The van der Waals surface area contributed by atoms with E-state index < -0.39 is 11.7 Å². The molecule has 3 N–H and O–H groups in total. The summed E-state index contributed by atoms with van der Waals surface area (Å²) in [6.45, 7) is 5.61. The Kier molecular flexibility index (Phi) is 5.83. The van der Waals surface area contributed by atoms with Crippen LogP contribution in [0.2, 0.25) is 0 Å². The summed E-state index contributed by atoms with van der Waals surface area (Å²) >= 11 is 0. The number of alkyl halides is 3. The van der Waals surface area contributed by atoms with E-state index in [-0.39, 0.29) is 17.7 Å². The Labute approximate surface area is 189 Å². The molecule has 2 aliphatic rings. The number of H-pyrrole nitrogens is 1. The van der Waals surface area contributed by atoms with Gasteiger partial charge in [0.05, 0.1) is 18.9 Å². The molecular formula is C22H26F3N7O. The first-order chi connectivity index (χ1) is 15.9. The van der Waals surface area contributed by atoms with Crippen molar-refractivity contribution >= 4 is 22.8 Å². The van der Waals surface area contributed by atoms with Crippen molar-refractivity contribution in [1.82, 2.24) is 25.3 Å². The average molecular weight is 461 g/mol. The average Bonchev–Trinajstić information content (AvgIpc) is 3.22. The van der Waals surface area contributed by atoms with Crippen LogP contribution >= 0.6 is 0 Å². The maximum absolute atomic E-state index is 13.8. The fourth-order valence-corrected chi connectivity index (χ4v) is 4.47. The molecule has 2 aliphatic heterocycles. The van der Waals surface area contributed by atoms with Crippen LogP contribution in [0.25, 0.3) is 22.3 Å². The standard InChI is InChI=1S/C22H26F3N7O/c1-13-10-14(4-5-26-13)29-21-28-12-17(22(23,24)25)19(31-21)16-11-27-20-15(16)2-3-18(30-20)32-6-8-33-9-7-32/h2-3,11-14,26H,4-10H2,1H3,(H,27,30)(H,28,29,31)/t13-,14-/m1/s1. The lowest BCUT2D eigenvalue weighted by molar-refractivity contribution is -0.137. The number of halogens is 3. The Morgan fingerprint density at radius 2 is 2.00 bits per heavy atom. The Balaban J connectivity index is 1.51. The third-order valence-electron chi connectivity index (χ3n) is 6.17. The highest BCUT2D eigenvalue weighted by Crippen LogP contribution is 2.38. The van der Waals surface area contributed by atoms with E-state index in [1.165, 1.54) is 6.20 Å². The SMILES string of the molecule is C[C@@H]1C[C@H](Nc2ncc(C(F)(F)F)c(-c3c[nH]c4nc(N5CCOCC5)ccc34)n2)CCN1. The van der Waals surface area contributed by atoms with Crippen molar-refractivity contribution in [3.05, 3.63) is 30.1 Å². The third kappa shape index (κ3) is 4.60. The minimum absolute atomic E-state index is 0.103. The Hall–Kier alpha value is -2.92. The summed E-state index contributed by atoms with van der Waals surface area (Å²) in [5, 5.41) is 7.16. The number of hydrogen-bond donors (Lipinski definition) is 3. The van der Waals surface area contributed by atoms with Crippen molar-refractivity contribution in [2.75, 3.05) is 43.1 Å². The molecule has 0 bridgehead atoms. The summed E-state index contributed by atoms with van der Waals surface area (Å²) in [5.41, 5.74) is -0.163. The number of nitrogens with zero attached hydrogens (tertiary/aromatic N) is 4. The van der Waals surface area contributed by atoms with E-state index in [0.29, 0.717) is 35.9 Å². The van der Waals surface area contributed by atoms with E-state index in [9.17, 15) is 13.2 Å². The van der Waals surface area contributed by atoms with Crippen LogP contribution in [0.3, 0.4) is 0 Å². The molecule has 2 saturated heterocycles. The van der Waals surface area contributed by atoms with Crippen LogP contribution in [0.5, 0.6) is 0 Å². The molecule has 2 atom stereocenters. The molecule has 0 radical (unpaired) electrons. The molecule has 0 unspecified atom stereocenters. The highest BCUT2D eigenvalue weighted by molar-refractivity contribution is 5.94. The van der Waals surface area contributed by atoms with Gasteiger partial charge in [0.25, 0.3) is 0 Å². The molecule has 2 fully saturated rings. The zero-order valence-electron chi connectivity index (χ0n) is 18.2. The monoisotopic (exact) mass is 461 g/mol. The normalized spacial score (nSPS) is 22.0. The highest BCUT2D eigenvalue weighted by atomic mass is 19.4. The first kappa shape index (κ1) is 21.9. The van der Waals surface area contributed by atoms with Gasteiger partial charge in [-0.25, -0.2) is 15.0 Å². The summed E-state index contributed by atoms with van der Waals surface area (Å²) in [6, 6.07) is 4.05. The molecule has 11 heteroatoms. The first-order valence-electron chi connectivity index (χ1n) is 11.1. The number of hydrogen-bond acceptors (Lipinski definition) is 7. The summed E-state index contributed by atoms with van der Waals surface area (Å²) in [4.78, 5) is 18.1. The lowest BCUT2D eigenvalue weighted by Gasteiger charge is -2.28. The smallest absolute Gasteiger partial charge is 0.378 e. The van der Waals surface area contributed by atoms with Crippen molar-refractivity contribution in [3.8, 4) is 11.3 Å². The quantitative estimate of drug-likeness (QED) is 0.548. The molecule has 0 aromatic carbocycles. The van der Waals surface area contributed by atoms with Crippen molar-refractivity contribution in [2.45, 2.75) is 38.0 Å². The summed E-state index contributed by atoms with van der Waals surface area (Å²) in [5.74, 6) is 0.963. The number of aromatic amines is 1. The van der Waals surface area contributed by atoms with Crippen LogP contribution in [-0.2, 0) is 10.9 Å². The molecule has 0 spiro atoms. The van der Waals surface area contributed by atoms with E-state index in [2.05, 4.69) is 42.4 Å². The molecule has 0 aliphatic carbocycles. The summed E-state index contributed by atoms with van der Waals surface area (Å²) < 4.78 is 46.9. The minimum Gasteiger partial charge on any atom is -0.378 e. The van der Waals surface area contributed by atoms with Gasteiger partial charge in [0.15, 0.2) is 0 Å². The number of nitrogens with one attached hydrogen (secondary N) is 3. The van der Waals surface area contributed by atoms with E-state index in [1.807, 2.05) is 6.07 Å². The Morgan fingerprint density at radius 1 is 1.18 bits per heavy atom. The number of aromatic nitrogens is 4. The largest absolute Gasteiger partial charge is 0.419 e. The second kappa shape index (κ2) is 8.79. The van der Waals surface area contributed by atoms with Crippen LogP contribution in [0.1, 0.15) is 25.3 Å². The van der Waals surface area contributed by atoms with Gasteiger partial charge in [-0.05, 0) is 38.4 Å². The number of pyridine rings is 1. The predicted octanol–water partition coefficient (Wildman–Crippen LogP) is 3.43. The third-order valence-corrected chi connectivity index (χ3v) is 6.17. The number of anilines is 2. The maximum atomic E-state index is 13.8. The molecule has 33 heavy (non-hydrogen) atoms. The fourth-order valence-electron chi connectivity index (χ4n) is 4.47. The molecule has 5 heterocycles. The summed E-state index contributed by atoms with van der Waals surface area (Å²) in [6.07, 6.45) is -0.480. The van der Waals surface area contributed by atoms with Crippen LogP contribution in [0.15, 0.2) is 24.5 Å². The van der Waals surface area contributed by atoms with Crippen molar-refractivity contribution in [2.24, 2.45) is 0 Å². The minimum atomic E-state index is -4.58. The van der Waals surface area contributed by atoms with E-state index >= 15 is 0 Å². The highest BCUT2D eigenvalue weighted by Gasteiger charge is 2.36. The maximum Gasteiger partial charge on any atom is 0.419 e. The molecule has 3 aromatic heterocycles. The number of morpholine rings is 1. The van der Waals surface area contributed by atoms with Crippen LogP contribution in [0, 0.1) is 0 Å². The summed E-state index contributed by atoms with van der Waals surface area (Å²) in [7, 11) is 0. The van der Waals surface area contributed by atoms with Crippen molar-refractivity contribution in [1.29, 1.82) is 0 Å². The molecule has 176 valence electrons. The van der Waals surface area contributed by atoms with Crippen molar-refractivity contribution < 1.29 is 17.9 Å². The molecule has 0 amide bonds. The fraction of sp³-hybridized carbons (Fsp3) is 0.500. The van der Waals surface area contributed by atoms with E-state index in [0.717, 1.165) is 44.5 Å². The number of fused-ring (bicyclic) bond motifs is 1. The van der Waals surface area contributed by atoms with Gasteiger partial charge in [0, 0.05) is 48.5 Å². The van der Waals surface area contributed by atoms with Gasteiger partial charge in [-0.15, -0.1) is 0 Å². The van der Waals surface area contributed by atoms with E-state index in [4.69, 9.17) is 4.74 Å².